The van der Waals surface area contributed by atoms with Gasteiger partial charge < -0.3 is 0 Å². The molecule has 0 saturated heterocycles. The molecule has 0 atom stereocenters. The van der Waals surface area contributed by atoms with Gasteiger partial charge in [-0.3, -0.25) is 0 Å². The van der Waals surface area contributed by atoms with Crippen LogP contribution in [-0.4, -0.2) is 0 Å². The van der Waals surface area contributed by atoms with Crippen molar-refractivity contribution in [2.45, 2.75) is 0 Å². The van der Waals surface area contributed by atoms with Gasteiger partial charge >= 0.3 is 0 Å². The summed E-state index contributed by atoms with van der Waals surface area (Å²) in [5, 5.41) is 9.27. The molecule has 0 bridgehead atoms. The zero-order chi connectivity index (χ0) is 13.0. The maximum Gasteiger partial charge on any atom is 0.0998 e. The molecule has 1 nitrogen and oxygen atoms in total. The molecule has 0 N–H and O–H groups in total. The van der Waals surface area contributed by atoms with Gasteiger partial charge in [-0.25, -0.2) is 0 Å². The summed E-state index contributed by atoms with van der Waals surface area (Å²) in [5.74, 6) is 0. The maximum atomic E-state index is 9.27. The Kier molecular flexibility index (Phi) is 4.56. The normalized spacial score (nSPS) is 11.1. The highest BCUT2D eigenvalue weighted by Crippen LogP contribution is 2.22. The Balaban J connectivity index is 2.44. The van der Waals surface area contributed by atoms with Crippen LogP contribution >= 0.6 is 38.5 Å². The minimum absolute atomic E-state index is 0.673. The minimum atomic E-state index is 0.673. The smallest absolute Gasteiger partial charge is 0.0998 e. The number of rotatable bonds is 2. The van der Waals surface area contributed by atoms with Gasteiger partial charge in [0.25, 0.3) is 0 Å². The van der Waals surface area contributed by atoms with Gasteiger partial charge in [0.2, 0.25) is 0 Å². The summed E-state index contributed by atoms with van der Waals surface area (Å²) in [7, 11) is 0. The fourth-order valence-electron chi connectivity index (χ4n) is 1.56. The molecule has 2 rings (SSSR count). The SMILES string of the molecule is N#C/C(=C/c1ccccc1I)c1ccc(Br)cc1. The van der Waals surface area contributed by atoms with Crippen molar-refractivity contribution in [2.24, 2.45) is 0 Å². The van der Waals surface area contributed by atoms with Crippen LogP contribution in [0, 0.1) is 14.9 Å². The number of hydrogen-bond acceptors (Lipinski definition) is 1. The Morgan fingerprint density at radius 3 is 2.39 bits per heavy atom. The van der Waals surface area contributed by atoms with E-state index in [-0.39, 0.29) is 0 Å². The lowest BCUT2D eigenvalue weighted by Gasteiger charge is -2.02. The van der Waals surface area contributed by atoms with Crippen molar-refractivity contribution in [3.63, 3.8) is 0 Å². The van der Waals surface area contributed by atoms with E-state index in [0.29, 0.717) is 5.57 Å². The number of allylic oxidation sites excluding steroid dienone is 1. The van der Waals surface area contributed by atoms with E-state index >= 15 is 0 Å². The van der Waals surface area contributed by atoms with E-state index in [1.165, 1.54) is 0 Å². The molecule has 3 heteroatoms. The molecule has 0 aliphatic heterocycles. The Labute approximate surface area is 128 Å². The largest absolute Gasteiger partial charge is 0.192 e. The van der Waals surface area contributed by atoms with Crippen molar-refractivity contribution in [2.75, 3.05) is 0 Å². The van der Waals surface area contributed by atoms with E-state index in [1.54, 1.807) is 0 Å². The topological polar surface area (TPSA) is 23.8 Å². The highest BCUT2D eigenvalue weighted by molar-refractivity contribution is 14.1. The van der Waals surface area contributed by atoms with Crippen LogP contribution in [0.15, 0.2) is 53.0 Å². The molecule has 0 aliphatic rings. The van der Waals surface area contributed by atoms with Crippen molar-refractivity contribution in [1.29, 1.82) is 5.26 Å². The van der Waals surface area contributed by atoms with Gasteiger partial charge in [-0.15, -0.1) is 0 Å². The average molecular weight is 410 g/mol. The lowest BCUT2D eigenvalue weighted by Crippen LogP contribution is -1.84. The Morgan fingerprint density at radius 2 is 1.78 bits per heavy atom. The zero-order valence-electron chi connectivity index (χ0n) is 9.40. The van der Waals surface area contributed by atoms with E-state index in [2.05, 4.69) is 44.6 Å². The predicted molar refractivity (Wildman–Crippen MR) is 86.8 cm³/mol. The van der Waals surface area contributed by atoms with Crippen molar-refractivity contribution in [3.8, 4) is 6.07 Å². The van der Waals surface area contributed by atoms with Gasteiger partial charge in [-0.1, -0.05) is 46.3 Å². The third-order valence-corrected chi connectivity index (χ3v) is 3.99. The van der Waals surface area contributed by atoms with Crippen LogP contribution in [0.4, 0.5) is 0 Å². The molecule has 0 unspecified atom stereocenters. The number of nitrogens with zero attached hydrogens (tertiary/aromatic N) is 1. The fourth-order valence-corrected chi connectivity index (χ4v) is 2.36. The van der Waals surface area contributed by atoms with Gasteiger partial charge in [-0.05, 0) is 58.0 Å². The van der Waals surface area contributed by atoms with Crippen LogP contribution in [0.3, 0.4) is 0 Å². The van der Waals surface area contributed by atoms with Gasteiger partial charge in [0, 0.05) is 8.04 Å². The molecule has 0 aliphatic carbocycles. The number of benzene rings is 2. The molecular weight excluding hydrogens is 401 g/mol. The molecule has 0 fully saturated rings. The van der Waals surface area contributed by atoms with Gasteiger partial charge in [0.1, 0.15) is 0 Å². The standard InChI is InChI=1S/C15H9BrIN/c16-14-7-5-11(6-8-14)13(10-18)9-12-3-1-2-4-15(12)17/h1-9H/b13-9-. The predicted octanol–water partition coefficient (Wildman–Crippen LogP) is 5.12. The summed E-state index contributed by atoms with van der Waals surface area (Å²) in [6.45, 7) is 0. The first-order valence-corrected chi connectivity index (χ1v) is 7.20. The van der Waals surface area contributed by atoms with Crippen molar-refractivity contribution in [1.82, 2.24) is 0 Å². The van der Waals surface area contributed by atoms with Crippen LogP contribution in [0.25, 0.3) is 11.6 Å². The van der Waals surface area contributed by atoms with Gasteiger partial charge in [0.05, 0.1) is 11.6 Å². The van der Waals surface area contributed by atoms with Crippen LogP contribution in [0.5, 0.6) is 0 Å². The monoisotopic (exact) mass is 409 g/mol. The summed E-state index contributed by atoms with van der Waals surface area (Å²) in [5.41, 5.74) is 2.67. The third kappa shape index (κ3) is 3.21. The number of nitriles is 1. The first-order valence-electron chi connectivity index (χ1n) is 5.33. The molecule has 2 aromatic carbocycles. The first-order chi connectivity index (χ1) is 8.70. The third-order valence-electron chi connectivity index (χ3n) is 2.48. The highest BCUT2D eigenvalue weighted by Gasteiger charge is 2.02. The quantitative estimate of drug-likeness (QED) is 0.383. The molecule has 18 heavy (non-hydrogen) atoms. The lowest BCUT2D eigenvalue weighted by atomic mass is 10.0. The van der Waals surface area contributed by atoms with Crippen molar-refractivity contribution < 1.29 is 0 Å². The molecule has 88 valence electrons. The molecule has 0 spiro atoms. The molecule has 0 radical (unpaired) electrons. The van der Waals surface area contributed by atoms with Crippen LogP contribution < -0.4 is 0 Å². The molecular formula is C15H9BrIN. The van der Waals surface area contributed by atoms with Gasteiger partial charge in [0.15, 0.2) is 0 Å². The van der Waals surface area contributed by atoms with E-state index in [9.17, 15) is 5.26 Å². The highest BCUT2D eigenvalue weighted by atomic mass is 127. The Hall–Kier alpha value is -1.12. The molecule has 0 aromatic heterocycles. The van der Waals surface area contributed by atoms with E-state index in [4.69, 9.17) is 0 Å². The molecule has 0 amide bonds. The molecule has 2 aromatic rings. The summed E-state index contributed by atoms with van der Waals surface area (Å²) in [6.07, 6.45) is 1.92. The second kappa shape index (κ2) is 6.17. The zero-order valence-corrected chi connectivity index (χ0v) is 13.1. The van der Waals surface area contributed by atoms with Crippen LogP contribution in [0.2, 0.25) is 0 Å². The van der Waals surface area contributed by atoms with E-state index in [0.717, 1.165) is 19.2 Å². The van der Waals surface area contributed by atoms with Crippen LogP contribution in [-0.2, 0) is 0 Å². The summed E-state index contributed by atoms with van der Waals surface area (Å²) in [4.78, 5) is 0. The van der Waals surface area contributed by atoms with Gasteiger partial charge in [-0.2, -0.15) is 5.26 Å². The summed E-state index contributed by atoms with van der Waals surface area (Å²) < 4.78 is 2.15. The summed E-state index contributed by atoms with van der Waals surface area (Å²) >= 11 is 5.66. The minimum Gasteiger partial charge on any atom is -0.192 e. The first kappa shape index (κ1) is 13.3. The van der Waals surface area contributed by atoms with Crippen LogP contribution in [0.1, 0.15) is 11.1 Å². The van der Waals surface area contributed by atoms with E-state index in [1.807, 2.05) is 54.6 Å². The lowest BCUT2D eigenvalue weighted by molar-refractivity contribution is 1.51. The Bertz CT molecular complexity index is 624. The number of hydrogen-bond donors (Lipinski definition) is 0. The summed E-state index contributed by atoms with van der Waals surface area (Å²) in [6, 6.07) is 18.0. The van der Waals surface area contributed by atoms with E-state index < -0.39 is 0 Å². The second-order valence-corrected chi connectivity index (χ2v) is 5.78. The Morgan fingerprint density at radius 1 is 1.11 bits per heavy atom. The maximum absolute atomic E-state index is 9.27. The molecule has 0 heterocycles. The average Bonchev–Trinajstić information content (AvgIpc) is 2.39. The molecule has 0 saturated carbocycles. The van der Waals surface area contributed by atoms with Crippen molar-refractivity contribution in [3.05, 3.63) is 67.7 Å². The number of halogens is 2. The van der Waals surface area contributed by atoms with Crippen molar-refractivity contribution >= 4 is 50.2 Å². The second-order valence-electron chi connectivity index (χ2n) is 3.70. The fraction of sp³-hybridized carbons (Fsp3) is 0.